The third-order valence-corrected chi connectivity index (χ3v) is 5.29. The Morgan fingerprint density at radius 2 is 1.96 bits per heavy atom. The molecule has 0 radical (unpaired) electrons. The average Bonchev–Trinajstić information content (AvgIpc) is 2.72. The van der Waals surface area contributed by atoms with E-state index in [9.17, 15) is 9.18 Å². The van der Waals surface area contributed by atoms with E-state index in [1.807, 2.05) is 12.1 Å². The molecule has 28 heavy (non-hydrogen) atoms. The highest BCUT2D eigenvalue weighted by Gasteiger charge is 2.21. The second-order valence-electron chi connectivity index (χ2n) is 7.35. The molecule has 2 aromatic rings. The number of carbonyl (C=O) groups is 1. The molecule has 4 rings (SSSR count). The fourth-order valence-corrected chi connectivity index (χ4v) is 3.60. The first kappa shape index (κ1) is 18.7. The molecule has 2 heterocycles. The molecule has 2 aliphatic heterocycles. The van der Waals surface area contributed by atoms with Gasteiger partial charge in [-0.3, -0.25) is 4.79 Å². The minimum atomic E-state index is -0.476. The van der Waals surface area contributed by atoms with Crippen molar-refractivity contribution in [2.75, 3.05) is 44.9 Å². The number of rotatable bonds is 4. The van der Waals surface area contributed by atoms with Gasteiger partial charge in [-0.2, -0.15) is 0 Å². The van der Waals surface area contributed by atoms with Gasteiger partial charge in [0.05, 0.1) is 45.4 Å². The molecule has 0 aliphatic carbocycles. The molecule has 1 saturated heterocycles. The van der Waals surface area contributed by atoms with Crippen molar-refractivity contribution < 1.29 is 23.6 Å². The quantitative estimate of drug-likeness (QED) is 0.822. The van der Waals surface area contributed by atoms with Crippen molar-refractivity contribution in [1.29, 1.82) is 0 Å². The van der Waals surface area contributed by atoms with Gasteiger partial charge in [0.25, 0.3) is 5.91 Å². The van der Waals surface area contributed by atoms with Gasteiger partial charge in [-0.25, -0.2) is 4.39 Å². The Hall–Kier alpha value is -2.64. The molecule has 2 N–H and O–H groups in total. The van der Waals surface area contributed by atoms with Crippen LogP contribution in [0.25, 0.3) is 0 Å². The Balaban J connectivity index is 1.39. The van der Waals surface area contributed by atoms with E-state index >= 15 is 0 Å². The SMILES string of the molecule is C[NH+]1CCN(c2ccc(CNC(=O)c3cc(F)cc4c3OCOC4)cc2)CC1. The molecule has 2 aliphatic rings. The highest BCUT2D eigenvalue weighted by atomic mass is 19.1. The van der Waals surface area contributed by atoms with Crippen molar-refractivity contribution in [2.45, 2.75) is 13.2 Å². The van der Waals surface area contributed by atoms with Crippen molar-refractivity contribution in [3.8, 4) is 5.75 Å². The fourth-order valence-electron chi connectivity index (χ4n) is 3.60. The van der Waals surface area contributed by atoms with Crippen LogP contribution in [-0.4, -0.2) is 45.9 Å². The van der Waals surface area contributed by atoms with Crippen molar-refractivity contribution in [2.24, 2.45) is 0 Å². The smallest absolute Gasteiger partial charge is 0.255 e. The molecule has 0 saturated carbocycles. The zero-order valence-corrected chi connectivity index (χ0v) is 16.0. The van der Waals surface area contributed by atoms with E-state index in [1.165, 1.54) is 17.8 Å². The van der Waals surface area contributed by atoms with E-state index in [0.717, 1.165) is 31.7 Å². The van der Waals surface area contributed by atoms with Crippen molar-refractivity contribution in [1.82, 2.24) is 5.32 Å². The van der Waals surface area contributed by atoms with Crippen LogP contribution < -0.4 is 19.9 Å². The van der Waals surface area contributed by atoms with Crippen LogP contribution in [0.3, 0.4) is 0 Å². The molecule has 148 valence electrons. The zero-order valence-electron chi connectivity index (χ0n) is 16.0. The summed E-state index contributed by atoms with van der Waals surface area (Å²) < 4.78 is 24.4. The second kappa shape index (κ2) is 8.16. The minimum Gasteiger partial charge on any atom is -0.466 e. The second-order valence-corrected chi connectivity index (χ2v) is 7.35. The lowest BCUT2D eigenvalue weighted by Gasteiger charge is -2.31. The summed E-state index contributed by atoms with van der Waals surface area (Å²) >= 11 is 0. The van der Waals surface area contributed by atoms with Crippen molar-refractivity contribution >= 4 is 11.6 Å². The first-order valence-electron chi connectivity index (χ1n) is 9.56. The first-order chi connectivity index (χ1) is 13.6. The monoisotopic (exact) mass is 386 g/mol. The molecule has 0 aromatic heterocycles. The number of piperazine rings is 1. The van der Waals surface area contributed by atoms with Crippen LogP contribution >= 0.6 is 0 Å². The molecular weight excluding hydrogens is 361 g/mol. The van der Waals surface area contributed by atoms with Gasteiger partial charge in [-0.05, 0) is 29.8 Å². The number of quaternary nitrogens is 1. The first-order valence-corrected chi connectivity index (χ1v) is 9.56. The standard InChI is InChI=1S/C21H24FN3O3/c1-24-6-8-25(9-7-24)18-4-2-15(3-5-18)12-23-21(26)19-11-17(22)10-16-13-27-14-28-20(16)19/h2-5,10-11H,6-9,12-14H2,1H3,(H,23,26)/p+1. The van der Waals surface area contributed by atoms with Gasteiger partial charge in [-0.1, -0.05) is 12.1 Å². The van der Waals surface area contributed by atoms with Crippen LogP contribution in [0.15, 0.2) is 36.4 Å². The van der Waals surface area contributed by atoms with Gasteiger partial charge in [0.15, 0.2) is 6.79 Å². The number of fused-ring (bicyclic) bond motifs is 1. The summed E-state index contributed by atoms with van der Waals surface area (Å²) in [6.07, 6.45) is 0. The van der Waals surface area contributed by atoms with Gasteiger partial charge < -0.3 is 24.6 Å². The molecular formula is C21H25FN3O3+. The van der Waals surface area contributed by atoms with Crippen LogP contribution in [0.1, 0.15) is 21.5 Å². The number of amides is 1. The highest BCUT2D eigenvalue weighted by molar-refractivity contribution is 5.97. The molecule has 6 nitrogen and oxygen atoms in total. The molecule has 0 atom stereocenters. The summed E-state index contributed by atoms with van der Waals surface area (Å²) in [5, 5.41) is 2.85. The molecule has 0 spiro atoms. The van der Waals surface area contributed by atoms with Crippen LogP contribution in [0.2, 0.25) is 0 Å². The maximum atomic E-state index is 13.8. The van der Waals surface area contributed by atoms with Gasteiger partial charge in [-0.15, -0.1) is 0 Å². The number of nitrogens with one attached hydrogen (secondary N) is 2. The predicted molar refractivity (Wildman–Crippen MR) is 103 cm³/mol. The number of likely N-dealkylation sites (N-methyl/N-ethyl adjacent to an activating group) is 1. The van der Waals surface area contributed by atoms with Crippen molar-refractivity contribution in [3.63, 3.8) is 0 Å². The van der Waals surface area contributed by atoms with Crippen LogP contribution in [0.4, 0.5) is 10.1 Å². The Morgan fingerprint density at radius 1 is 1.21 bits per heavy atom. The fraction of sp³-hybridized carbons (Fsp3) is 0.381. The third-order valence-electron chi connectivity index (χ3n) is 5.29. The highest BCUT2D eigenvalue weighted by Crippen LogP contribution is 2.29. The number of hydrogen-bond acceptors (Lipinski definition) is 4. The molecule has 7 heteroatoms. The topological polar surface area (TPSA) is 55.2 Å². The molecule has 0 unspecified atom stereocenters. The Morgan fingerprint density at radius 3 is 2.71 bits per heavy atom. The number of nitrogens with zero attached hydrogens (tertiary/aromatic N) is 1. The Kier molecular flexibility index (Phi) is 5.45. The van der Waals surface area contributed by atoms with E-state index in [0.29, 0.717) is 17.9 Å². The summed E-state index contributed by atoms with van der Waals surface area (Å²) in [5.41, 5.74) is 2.95. The zero-order chi connectivity index (χ0) is 19.5. The van der Waals surface area contributed by atoms with E-state index in [-0.39, 0.29) is 24.9 Å². The van der Waals surface area contributed by atoms with Gasteiger partial charge in [0.2, 0.25) is 0 Å². The summed E-state index contributed by atoms with van der Waals surface area (Å²) in [6, 6.07) is 10.8. The van der Waals surface area contributed by atoms with E-state index in [4.69, 9.17) is 9.47 Å². The predicted octanol–water partition coefficient (Wildman–Crippen LogP) is 0.957. The maximum Gasteiger partial charge on any atom is 0.255 e. The van der Waals surface area contributed by atoms with Crippen LogP contribution in [0.5, 0.6) is 5.75 Å². The molecule has 0 bridgehead atoms. The summed E-state index contributed by atoms with van der Waals surface area (Å²) in [5.74, 6) is -0.433. The Bertz CT molecular complexity index is 849. The van der Waals surface area contributed by atoms with Crippen molar-refractivity contribution in [3.05, 3.63) is 58.9 Å². The molecule has 1 fully saturated rings. The summed E-state index contributed by atoms with van der Waals surface area (Å²) in [6.45, 7) is 5.06. The van der Waals surface area contributed by atoms with E-state index in [2.05, 4.69) is 29.4 Å². The minimum absolute atomic E-state index is 0.0636. The number of benzene rings is 2. The van der Waals surface area contributed by atoms with Crippen LogP contribution in [0, 0.1) is 5.82 Å². The third kappa shape index (κ3) is 4.10. The van der Waals surface area contributed by atoms with Gasteiger partial charge in [0.1, 0.15) is 11.6 Å². The maximum absolute atomic E-state index is 13.8. The lowest BCUT2D eigenvalue weighted by atomic mass is 10.1. The average molecular weight is 386 g/mol. The number of carbonyl (C=O) groups excluding carboxylic acids is 1. The molecule has 1 amide bonds. The summed E-state index contributed by atoms with van der Waals surface area (Å²) in [4.78, 5) is 16.5. The van der Waals surface area contributed by atoms with Crippen LogP contribution in [-0.2, 0) is 17.9 Å². The lowest BCUT2D eigenvalue weighted by molar-refractivity contribution is -0.880. The number of ether oxygens (including phenoxy) is 2. The lowest BCUT2D eigenvalue weighted by Crippen LogP contribution is -3.12. The number of halogens is 1. The van der Waals surface area contributed by atoms with Gasteiger partial charge in [0, 0.05) is 17.8 Å². The largest absolute Gasteiger partial charge is 0.466 e. The van der Waals surface area contributed by atoms with E-state index in [1.54, 1.807) is 4.90 Å². The molecule has 2 aromatic carbocycles. The van der Waals surface area contributed by atoms with E-state index < -0.39 is 5.82 Å². The number of anilines is 1. The van der Waals surface area contributed by atoms with Gasteiger partial charge >= 0.3 is 0 Å². The Labute approximate surface area is 163 Å². The number of hydrogen-bond donors (Lipinski definition) is 2. The summed E-state index contributed by atoms with van der Waals surface area (Å²) in [7, 11) is 2.22. The normalized spacial score (nSPS) is 17.0.